The van der Waals surface area contributed by atoms with Crippen molar-refractivity contribution in [2.24, 2.45) is 26.9 Å². The third-order valence-electron chi connectivity index (χ3n) is 10.6. The van der Waals surface area contributed by atoms with Gasteiger partial charge in [0, 0.05) is 142 Å². The van der Waals surface area contributed by atoms with Crippen LogP contribution in [0.1, 0.15) is 103 Å². The van der Waals surface area contributed by atoms with Gasteiger partial charge in [0.15, 0.2) is 16.3 Å². The molecule has 0 aliphatic rings. The summed E-state index contributed by atoms with van der Waals surface area (Å²) in [7, 11) is 4.02. The van der Waals surface area contributed by atoms with Crippen LogP contribution in [0.25, 0.3) is 55.0 Å². The number of carbonyl (C=O) groups is 2. The van der Waals surface area contributed by atoms with Crippen LogP contribution in [-0.4, -0.2) is 84.8 Å². The lowest BCUT2D eigenvalue weighted by atomic mass is 9.83. The summed E-state index contributed by atoms with van der Waals surface area (Å²) < 4.78 is 16.1. The molecule has 82 heavy (non-hydrogen) atoms. The number of rotatable bonds is 8. The number of nitrogens with two attached hydrogens (primary N) is 1. The summed E-state index contributed by atoms with van der Waals surface area (Å²) in [5, 5.41) is 36.2. The number of hydrogen-bond acceptors (Lipinski definition) is 13. The van der Waals surface area contributed by atoms with Crippen LogP contribution in [0.2, 0.25) is 0 Å². The summed E-state index contributed by atoms with van der Waals surface area (Å²) in [6, 6.07) is 21.3. The van der Waals surface area contributed by atoms with Gasteiger partial charge in [-0.3, -0.25) is 28.4 Å². The molecule has 0 atom stereocenters. The number of pyridine rings is 3. The number of alkyl carbamates (subject to hydrolysis) is 2. The summed E-state index contributed by atoms with van der Waals surface area (Å²) >= 11 is 3.34. The van der Waals surface area contributed by atoms with Crippen LogP contribution >= 0.6 is 28.3 Å². The predicted molar refractivity (Wildman–Crippen MR) is 341 cm³/mol. The number of carbonyl (C=O) groups excluding carboxylic acids is 2. The van der Waals surface area contributed by atoms with Crippen molar-refractivity contribution >= 4 is 85.8 Å². The van der Waals surface area contributed by atoms with E-state index in [2.05, 4.69) is 56.8 Å². The SMILES string of the molecule is C.C.C.C.C.C.CC(C)(C)OC(=O)NCc1cc(=O)c2cc(Br)ccc2[nH]1.Cl.Cn1cc(-c2ccc3[nH]c(CN)cc(=O)c3c2)cn1.Cn1cc(-c2ccc3[nH]c(CNC(=O)OC(C)(C)C)cc(=O)c3c2)cn1.Cn1cc(B(O)O)cn1. The fraction of sp³-hybridized carbons (Fsp3) is 0.345. The number of aromatic amines is 3. The normalized spacial score (nSPS) is 10.2. The zero-order chi connectivity index (χ0) is 54.8. The van der Waals surface area contributed by atoms with Crippen molar-refractivity contribution in [3.8, 4) is 22.3 Å². The van der Waals surface area contributed by atoms with Crippen LogP contribution < -0.4 is 38.1 Å². The van der Waals surface area contributed by atoms with Gasteiger partial charge in [0.2, 0.25) is 0 Å². The first-order valence-electron chi connectivity index (χ1n) is 23.4. The summed E-state index contributed by atoms with van der Waals surface area (Å²) in [4.78, 5) is 69.4. The number of hydrogen-bond donors (Lipinski definition) is 8. The molecule has 2 amide bonds. The van der Waals surface area contributed by atoms with Gasteiger partial charge in [0.25, 0.3) is 0 Å². The Morgan fingerprint density at radius 3 is 1.24 bits per heavy atom. The van der Waals surface area contributed by atoms with E-state index in [1.807, 2.05) is 75.0 Å². The van der Waals surface area contributed by atoms with Gasteiger partial charge in [0.1, 0.15) is 11.2 Å². The van der Waals surface area contributed by atoms with Crippen LogP contribution in [0, 0.1) is 0 Å². The average Bonchev–Trinajstić information content (AvgIpc) is 4.11. The standard InChI is InChI=1S/C19H22N4O3.C15H17BrN2O3.C14H14N4O.C4H7BN2O2.6CH4.ClH/c1-19(2,3)26-18(25)20-10-14-8-17(24)15-7-12(5-6-16(15)22-14)13-9-21-23(4)11-13;1-15(2,3)21-14(20)17-8-10-7-13(19)11-6-9(16)4-5-12(11)18-10;1-18-8-10(7-16-18)9-2-3-13-12(4-9)14(19)5-11(6-15)17-13;1-7-3-4(2-6-7)5(8)9;;;;;;;/h5-9,11H,10H2,1-4H3,(H,20,25)(H,22,24);4-7H,8H2,1-3H3,(H,17,20)(H,18,19);2-5,7-8H,6,15H2,1H3,(H,17,19);2-3,8-9H,1H3;6*1H4;1H. The Labute approximate surface area is 495 Å². The largest absolute Gasteiger partial charge is 0.491 e. The molecule has 9 N–H and O–H groups in total. The highest BCUT2D eigenvalue weighted by Crippen LogP contribution is 2.23. The van der Waals surface area contributed by atoms with E-state index in [0.717, 1.165) is 43.5 Å². The highest BCUT2D eigenvalue weighted by Gasteiger charge is 2.18. The van der Waals surface area contributed by atoms with E-state index in [4.69, 9.17) is 25.3 Å². The molecule has 448 valence electrons. The molecule has 0 saturated carbocycles. The maximum absolute atomic E-state index is 12.5. The van der Waals surface area contributed by atoms with Gasteiger partial charge in [-0.25, -0.2) is 9.59 Å². The molecule has 0 saturated heterocycles. The third-order valence-corrected chi connectivity index (χ3v) is 11.1. The van der Waals surface area contributed by atoms with Crippen LogP contribution in [0.5, 0.6) is 0 Å². The predicted octanol–water partition coefficient (Wildman–Crippen LogP) is 9.99. The first-order chi connectivity index (χ1) is 35.3. The van der Waals surface area contributed by atoms with E-state index in [1.54, 1.807) is 88.7 Å². The van der Waals surface area contributed by atoms with Gasteiger partial charge in [-0.1, -0.05) is 72.6 Å². The molecule has 3 aromatic carbocycles. The van der Waals surface area contributed by atoms with Gasteiger partial charge in [0.05, 0.1) is 25.5 Å². The summed E-state index contributed by atoms with van der Waals surface area (Å²) in [5.41, 5.74) is 12.7. The van der Waals surface area contributed by atoms with E-state index in [9.17, 15) is 24.0 Å². The molecule has 0 radical (unpaired) electrons. The average molecular weight is 1220 g/mol. The lowest BCUT2D eigenvalue weighted by Crippen LogP contribution is -2.32. The summed E-state index contributed by atoms with van der Waals surface area (Å²) in [6.45, 7) is 11.5. The molecule has 9 rings (SSSR count). The molecule has 0 aliphatic carbocycles. The second-order valence-corrected chi connectivity index (χ2v) is 20.1. The van der Waals surface area contributed by atoms with Crippen LogP contribution in [0.3, 0.4) is 0 Å². The minimum Gasteiger partial charge on any atom is -0.444 e. The van der Waals surface area contributed by atoms with E-state index in [-0.39, 0.29) is 86.3 Å². The number of ether oxygens (including phenoxy) is 2. The van der Waals surface area contributed by atoms with E-state index in [1.165, 1.54) is 23.0 Å². The maximum Gasteiger partial charge on any atom is 0.491 e. The summed E-state index contributed by atoms with van der Waals surface area (Å²) in [6.07, 6.45) is 9.27. The Bertz CT molecular complexity index is 3650. The lowest BCUT2D eigenvalue weighted by Gasteiger charge is -2.19. The minimum atomic E-state index is -1.40. The van der Waals surface area contributed by atoms with Crippen molar-refractivity contribution in [1.82, 2.24) is 54.9 Å². The number of nitrogens with one attached hydrogen (secondary N) is 5. The minimum absolute atomic E-state index is 0. The molecule has 0 spiro atoms. The monoisotopic (exact) mass is 1220 g/mol. The lowest BCUT2D eigenvalue weighted by molar-refractivity contribution is 0.0511. The molecule has 0 fully saturated rings. The number of fused-ring (bicyclic) bond motifs is 3. The van der Waals surface area contributed by atoms with Crippen molar-refractivity contribution in [1.29, 1.82) is 0 Å². The summed E-state index contributed by atoms with van der Waals surface area (Å²) in [5.74, 6) is 0. The second-order valence-electron chi connectivity index (χ2n) is 19.2. The number of aryl methyl sites for hydroxylation is 3. The highest BCUT2D eigenvalue weighted by molar-refractivity contribution is 9.10. The zero-order valence-corrected chi connectivity index (χ0v) is 45.8. The van der Waals surface area contributed by atoms with Crippen LogP contribution in [0.4, 0.5) is 9.59 Å². The van der Waals surface area contributed by atoms with Crippen LogP contribution in [-0.2, 0) is 50.3 Å². The molecular weight excluding hydrogens is 1130 g/mol. The zero-order valence-electron chi connectivity index (χ0n) is 43.4. The fourth-order valence-electron chi connectivity index (χ4n) is 7.22. The smallest absolute Gasteiger partial charge is 0.444 e. The number of benzene rings is 3. The van der Waals surface area contributed by atoms with Crippen molar-refractivity contribution in [2.75, 3.05) is 0 Å². The molecule has 0 unspecified atom stereocenters. The van der Waals surface area contributed by atoms with Gasteiger partial charge in [-0.15, -0.1) is 12.4 Å². The highest BCUT2D eigenvalue weighted by atomic mass is 79.9. The molecule has 21 nitrogen and oxygen atoms in total. The van der Waals surface area contributed by atoms with Gasteiger partial charge in [-0.05, 0) is 95.1 Å². The Balaban J connectivity index is 0. The van der Waals surface area contributed by atoms with Gasteiger partial charge in [-0.2, -0.15) is 15.3 Å². The quantitative estimate of drug-likeness (QED) is 0.0658. The first kappa shape index (κ1) is 76.2. The molecule has 6 aromatic heterocycles. The number of H-pyrrole nitrogens is 3. The van der Waals surface area contributed by atoms with Crippen LogP contribution in [0.15, 0.2) is 129 Å². The fourth-order valence-corrected chi connectivity index (χ4v) is 7.58. The van der Waals surface area contributed by atoms with E-state index >= 15 is 0 Å². The Morgan fingerprint density at radius 1 is 0.561 bits per heavy atom. The van der Waals surface area contributed by atoms with Gasteiger partial charge < -0.3 is 50.8 Å². The Hall–Kier alpha value is -7.83. The topological polar surface area (TPSA) is 295 Å². The first-order valence-corrected chi connectivity index (χ1v) is 24.2. The van der Waals surface area contributed by atoms with Crippen molar-refractivity contribution in [3.63, 3.8) is 0 Å². The number of aromatic nitrogens is 9. The Kier molecular flexibility index (Phi) is 30.9. The van der Waals surface area contributed by atoms with Crippen molar-refractivity contribution in [3.05, 3.63) is 162 Å². The molecule has 6 heterocycles. The number of halogens is 2. The third kappa shape index (κ3) is 22.3. The Morgan fingerprint density at radius 2 is 0.915 bits per heavy atom. The van der Waals surface area contributed by atoms with E-state index < -0.39 is 30.5 Å². The maximum atomic E-state index is 12.5. The molecule has 24 heteroatoms. The van der Waals surface area contributed by atoms with Gasteiger partial charge >= 0.3 is 19.3 Å². The number of nitrogens with zero attached hydrogens (tertiary/aromatic N) is 6. The van der Waals surface area contributed by atoms with Crippen molar-refractivity contribution < 1.29 is 29.1 Å². The second kappa shape index (κ2) is 33.2. The van der Waals surface area contributed by atoms with Crippen molar-refractivity contribution in [2.45, 2.75) is 117 Å². The number of amides is 2. The molecule has 0 aliphatic heterocycles. The van der Waals surface area contributed by atoms with E-state index in [0.29, 0.717) is 45.1 Å². The molecular formula is C58H85BBrClN12O9. The molecule has 9 aromatic rings. The molecule has 0 bridgehead atoms.